The predicted octanol–water partition coefficient (Wildman–Crippen LogP) is 0.985. The maximum absolute atomic E-state index is 11.1. The number of rotatable bonds is 2. The third kappa shape index (κ3) is 2.00. The van der Waals surface area contributed by atoms with Gasteiger partial charge in [0.1, 0.15) is 5.02 Å². The van der Waals surface area contributed by atoms with Gasteiger partial charge in [-0.1, -0.05) is 17.7 Å². The molecule has 0 saturated carbocycles. The van der Waals surface area contributed by atoms with Gasteiger partial charge in [-0.3, -0.25) is 10.1 Å². The number of hydrogen-bond acceptors (Lipinski definition) is 4. The van der Waals surface area contributed by atoms with Crippen molar-refractivity contribution in [3.05, 3.63) is 38.9 Å². The van der Waals surface area contributed by atoms with Crippen LogP contribution in [0.4, 0.5) is 5.69 Å². The van der Waals surface area contributed by atoms with E-state index in [9.17, 15) is 15.2 Å². The molecule has 0 amide bonds. The van der Waals surface area contributed by atoms with Crippen molar-refractivity contribution in [2.75, 3.05) is 7.05 Å². The lowest BCUT2D eigenvalue weighted by molar-refractivity contribution is -0.384. The second kappa shape index (κ2) is 4.06. The first kappa shape index (κ1) is 10.5. The fourth-order valence-electron chi connectivity index (χ4n) is 0.915. The first-order valence-corrected chi connectivity index (χ1v) is 4.02. The van der Waals surface area contributed by atoms with Crippen molar-refractivity contribution in [2.45, 2.75) is 0 Å². The van der Waals surface area contributed by atoms with E-state index in [4.69, 9.17) is 11.6 Å². The molecule has 0 bridgehead atoms. The highest BCUT2D eigenvalue weighted by atomic mass is 35.5. The Balaban J connectivity index is 3.26. The van der Waals surface area contributed by atoms with Gasteiger partial charge in [-0.25, -0.2) is 0 Å². The normalized spacial score (nSPS) is 11.4. The molecule has 0 heterocycles. The average molecular weight is 214 g/mol. The maximum atomic E-state index is 11.1. The van der Waals surface area contributed by atoms with Crippen LogP contribution in [0.25, 0.3) is 0 Å². The molecule has 0 fully saturated rings. The van der Waals surface area contributed by atoms with E-state index in [1.54, 1.807) is 0 Å². The Morgan fingerprint density at radius 3 is 2.71 bits per heavy atom. The molecule has 0 radical (unpaired) electrons. The first-order chi connectivity index (χ1) is 6.56. The van der Waals surface area contributed by atoms with Gasteiger partial charge in [-0.05, 0) is 17.5 Å². The molecule has 0 aromatic heterocycles. The molecule has 1 aromatic rings. The molecule has 14 heavy (non-hydrogen) atoms. The van der Waals surface area contributed by atoms with Gasteiger partial charge in [-0.2, -0.15) is 0 Å². The summed E-state index contributed by atoms with van der Waals surface area (Å²) in [6.07, 6.45) is 0. The molecule has 0 saturated heterocycles. The summed E-state index contributed by atoms with van der Waals surface area (Å²) in [6, 6.07) is 3.81. The van der Waals surface area contributed by atoms with E-state index in [0.717, 1.165) is 6.07 Å². The SMILES string of the molecule is CN=C([O-])c1ccc(Cl)c([N+](=O)[O-])c1. The first-order valence-electron chi connectivity index (χ1n) is 3.64. The molecule has 0 N–H and O–H groups in total. The van der Waals surface area contributed by atoms with E-state index < -0.39 is 10.8 Å². The number of nitro groups is 1. The van der Waals surface area contributed by atoms with Crippen molar-refractivity contribution in [3.8, 4) is 0 Å². The molecular weight excluding hydrogens is 208 g/mol. The third-order valence-electron chi connectivity index (χ3n) is 1.59. The summed E-state index contributed by atoms with van der Waals surface area (Å²) in [5.74, 6) is -0.509. The predicted molar refractivity (Wildman–Crippen MR) is 50.6 cm³/mol. The highest BCUT2D eigenvalue weighted by Crippen LogP contribution is 2.24. The van der Waals surface area contributed by atoms with Crippen LogP contribution in [-0.4, -0.2) is 17.9 Å². The molecule has 0 aliphatic carbocycles. The Hall–Kier alpha value is -1.62. The van der Waals surface area contributed by atoms with Crippen molar-refractivity contribution >= 4 is 23.2 Å². The van der Waals surface area contributed by atoms with E-state index in [0.29, 0.717) is 0 Å². The van der Waals surface area contributed by atoms with Gasteiger partial charge in [0.25, 0.3) is 5.69 Å². The molecular formula is C8H6ClN2O3-. The van der Waals surface area contributed by atoms with Crippen LogP contribution in [0.2, 0.25) is 5.02 Å². The highest BCUT2D eigenvalue weighted by molar-refractivity contribution is 6.32. The Bertz CT molecular complexity index is 404. The number of nitro benzene ring substituents is 1. The van der Waals surface area contributed by atoms with Gasteiger partial charge in [0.15, 0.2) is 0 Å². The number of nitrogens with zero attached hydrogens (tertiary/aromatic N) is 2. The monoisotopic (exact) mass is 213 g/mol. The topological polar surface area (TPSA) is 78.6 Å². The summed E-state index contributed by atoms with van der Waals surface area (Å²) in [6.45, 7) is 0. The molecule has 0 aliphatic rings. The molecule has 0 spiro atoms. The lowest BCUT2D eigenvalue weighted by Gasteiger charge is -2.08. The summed E-state index contributed by atoms with van der Waals surface area (Å²) in [5.41, 5.74) is -0.134. The molecule has 1 aromatic carbocycles. The number of benzene rings is 1. The van der Waals surface area contributed by atoms with Crippen molar-refractivity contribution in [1.82, 2.24) is 0 Å². The van der Waals surface area contributed by atoms with Crippen molar-refractivity contribution in [3.63, 3.8) is 0 Å². The van der Waals surface area contributed by atoms with Crippen LogP contribution in [0.15, 0.2) is 23.2 Å². The second-order valence-electron chi connectivity index (χ2n) is 2.45. The maximum Gasteiger partial charge on any atom is 0.288 e. The zero-order valence-corrected chi connectivity index (χ0v) is 7.99. The molecule has 0 unspecified atom stereocenters. The molecule has 1 rings (SSSR count). The Labute approximate surface area is 84.8 Å². The smallest absolute Gasteiger partial charge is 0.288 e. The second-order valence-corrected chi connectivity index (χ2v) is 2.86. The molecule has 0 atom stereocenters. The number of halogens is 1. The largest absolute Gasteiger partial charge is 0.859 e. The van der Waals surface area contributed by atoms with E-state index in [2.05, 4.69) is 4.99 Å². The van der Waals surface area contributed by atoms with Gasteiger partial charge < -0.3 is 10.1 Å². The van der Waals surface area contributed by atoms with Gasteiger partial charge in [0, 0.05) is 13.1 Å². The Morgan fingerprint density at radius 1 is 1.57 bits per heavy atom. The van der Waals surface area contributed by atoms with Crippen LogP contribution < -0.4 is 5.11 Å². The van der Waals surface area contributed by atoms with Crippen LogP contribution in [0.1, 0.15) is 5.56 Å². The van der Waals surface area contributed by atoms with Crippen LogP contribution in [0.3, 0.4) is 0 Å². The Morgan fingerprint density at radius 2 is 2.21 bits per heavy atom. The fourth-order valence-corrected chi connectivity index (χ4v) is 1.10. The standard InChI is InChI=1S/C8H7ClN2O3/c1-10-8(12)5-2-3-6(9)7(4-5)11(13)14/h2-4H,1H3,(H,10,12)/p-1. The van der Waals surface area contributed by atoms with E-state index >= 15 is 0 Å². The summed E-state index contributed by atoms with van der Waals surface area (Å²) < 4.78 is 0. The van der Waals surface area contributed by atoms with Crippen molar-refractivity contribution < 1.29 is 10.0 Å². The quantitative estimate of drug-likeness (QED) is 0.318. The summed E-state index contributed by atoms with van der Waals surface area (Å²) in [4.78, 5) is 13.2. The van der Waals surface area contributed by atoms with Gasteiger partial charge >= 0.3 is 0 Å². The zero-order chi connectivity index (χ0) is 10.7. The fraction of sp³-hybridized carbons (Fsp3) is 0.125. The summed E-state index contributed by atoms with van der Waals surface area (Å²) >= 11 is 5.56. The molecule has 0 aliphatic heterocycles. The highest BCUT2D eigenvalue weighted by Gasteiger charge is 2.12. The minimum absolute atomic E-state index is 0.00246. The summed E-state index contributed by atoms with van der Waals surface area (Å²) in [7, 11) is 1.32. The zero-order valence-electron chi connectivity index (χ0n) is 7.23. The van der Waals surface area contributed by atoms with Gasteiger partial charge in [0.2, 0.25) is 0 Å². The van der Waals surface area contributed by atoms with Crippen LogP contribution >= 0.6 is 11.6 Å². The van der Waals surface area contributed by atoms with Crippen LogP contribution in [0.5, 0.6) is 0 Å². The average Bonchev–Trinajstić information content (AvgIpc) is 2.17. The number of aliphatic imine (C=N–C) groups is 1. The lowest BCUT2D eigenvalue weighted by Crippen LogP contribution is -2.18. The van der Waals surface area contributed by atoms with E-state index in [1.165, 1.54) is 19.2 Å². The van der Waals surface area contributed by atoms with Crippen LogP contribution in [-0.2, 0) is 0 Å². The lowest BCUT2D eigenvalue weighted by atomic mass is 10.2. The summed E-state index contributed by atoms with van der Waals surface area (Å²) in [5, 5.41) is 21.5. The Kier molecular flexibility index (Phi) is 3.03. The van der Waals surface area contributed by atoms with E-state index in [1.807, 2.05) is 0 Å². The minimum Gasteiger partial charge on any atom is -0.859 e. The molecule has 6 heteroatoms. The molecule has 5 nitrogen and oxygen atoms in total. The van der Waals surface area contributed by atoms with E-state index in [-0.39, 0.29) is 16.3 Å². The third-order valence-corrected chi connectivity index (χ3v) is 1.91. The van der Waals surface area contributed by atoms with Crippen LogP contribution in [0, 0.1) is 10.1 Å². The van der Waals surface area contributed by atoms with Gasteiger partial charge in [0.05, 0.1) is 4.92 Å². The molecule has 74 valence electrons. The van der Waals surface area contributed by atoms with Gasteiger partial charge in [-0.15, -0.1) is 0 Å². The van der Waals surface area contributed by atoms with Crippen molar-refractivity contribution in [2.24, 2.45) is 4.99 Å². The minimum atomic E-state index is -0.644. The number of hydrogen-bond donors (Lipinski definition) is 0. The van der Waals surface area contributed by atoms with Crippen molar-refractivity contribution in [1.29, 1.82) is 0 Å².